The summed E-state index contributed by atoms with van der Waals surface area (Å²) < 4.78 is 4.49. The van der Waals surface area contributed by atoms with E-state index in [-0.39, 0.29) is 5.97 Å². The minimum absolute atomic E-state index is 0.323. The van der Waals surface area contributed by atoms with Crippen LogP contribution >= 0.6 is 0 Å². The molecule has 0 radical (unpaired) electrons. The zero-order chi connectivity index (χ0) is 11.1. The quantitative estimate of drug-likeness (QED) is 0.555. The molecule has 0 aliphatic heterocycles. The third-order valence-corrected chi connectivity index (χ3v) is 2.03. The molecule has 0 saturated carbocycles. The van der Waals surface area contributed by atoms with E-state index < -0.39 is 0 Å². The van der Waals surface area contributed by atoms with Gasteiger partial charge in [0.05, 0.1) is 7.11 Å². The van der Waals surface area contributed by atoms with Crippen molar-refractivity contribution in [2.24, 2.45) is 0 Å². The van der Waals surface area contributed by atoms with Crippen LogP contribution in [0.1, 0.15) is 0 Å². The highest BCUT2D eigenvalue weighted by Gasteiger charge is 1.96. The van der Waals surface area contributed by atoms with Gasteiger partial charge in [0.25, 0.3) is 0 Å². The van der Waals surface area contributed by atoms with Gasteiger partial charge in [-0.3, -0.25) is 0 Å². The van der Waals surface area contributed by atoms with Crippen LogP contribution in [0.15, 0.2) is 42.5 Å². The summed E-state index contributed by atoms with van der Waals surface area (Å²) in [6, 6.07) is 9.98. The molecule has 0 spiro atoms. The van der Waals surface area contributed by atoms with Gasteiger partial charge in [0, 0.05) is 25.4 Å². The monoisotopic (exact) mass is 205 g/mol. The summed E-state index contributed by atoms with van der Waals surface area (Å²) in [6.45, 7) is 0.680. The van der Waals surface area contributed by atoms with Crippen LogP contribution in [-0.4, -0.2) is 26.7 Å². The largest absolute Gasteiger partial charge is 0.466 e. The number of methoxy groups -OCH3 is 1. The third kappa shape index (κ3) is 3.85. The summed E-state index contributed by atoms with van der Waals surface area (Å²) in [5.41, 5.74) is 1.12. The fourth-order valence-electron chi connectivity index (χ4n) is 1.16. The molecular formula is C12H15NO2. The van der Waals surface area contributed by atoms with Crippen molar-refractivity contribution in [1.29, 1.82) is 0 Å². The highest BCUT2D eigenvalue weighted by molar-refractivity contribution is 5.81. The zero-order valence-electron chi connectivity index (χ0n) is 9.01. The first kappa shape index (κ1) is 11.3. The summed E-state index contributed by atoms with van der Waals surface area (Å²) in [6.07, 6.45) is 3.21. The number of carbonyl (C=O) groups excluding carboxylic acids is 1. The Morgan fingerprint density at radius 3 is 2.67 bits per heavy atom. The number of likely N-dealkylation sites (N-methyl/N-ethyl adjacent to an activating group) is 1. The molecule has 1 rings (SSSR count). The second-order valence-corrected chi connectivity index (χ2v) is 3.14. The molecule has 3 heteroatoms. The fraction of sp³-hybridized carbons (Fsp3) is 0.250. The first-order valence-electron chi connectivity index (χ1n) is 4.74. The Morgan fingerprint density at radius 1 is 1.40 bits per heavy atom. The van der Waals surface area contributed by atoms with E-state index in [1.165, 1.54) is 13.2 Å². The Labute approximate surface area is 90.0 Å². The molecule has 0 fully saturated rings. The van der Waals surface area contributed by atoms with Crippen LogP contribution in [0.4, 0.5) is 5.69 Å². The van der Waals surface area contributed by atoms with Crippen molar-refractivity contribution in [3.8, 4) is 0 Å². The average molecular weight is 205 g/mol. The molecule has 1 aromatic rings. The van der Waals surface area contributed by atoms with Gasteiger partial charge in [0.2, 0.25) is 0 Å². The van der Waals surface area contributed by atoms with E-state index in [0.717, 1.165) is 5.69 Å². The third-order valence-electron chi connectivity index (χ3n) is 2.03. The molecule has 0 saturated heterocycles. The maximum absolute atomic E-state index is 10.8. The molecule has 0 heterocycles. The fourth-order valence-corrected chi connectivity index (χ4v) is 1.16. The highest BCUT2D eigenvalue weighted by Crippen LogP contribution is 2.10. The predicted molar refractivity (Wildman–Crippen MR) is 60.9 cm³/mol. The lowest BCUT2D eigenvalue weighted by atomic mass is 10.3. The Bertz CT molecular complexity index is 333. The van der Waals surface area contributed by atoms with E-state index >= 15 is 0 Å². The lowest BCUT2D eigenvalue weighted by Crippen LogP contribution is -2.16. The molecule has 0 bridgehead atoms. The van der Waals surface area contributed by atoms with E-state index in [9.17, 15) is 4.79 Å². The van der Waals surface area contributed by atoms with Gasteiger partial charge >= 0.3 is 5.97 Å². The van der Waals surface area contributed by atoms with Crippen molar-refractivity contribution in [3.63, 3.8) is 0 Å². The number of carbonyl (C=O) groups is 1. The smallest absolute Gasteiger partial charge is 0.330 e. The molecule has 0 unspecified atom stereocenters. The van der Waals surface area contributed by atoms with Gasteiger partial charge in [-0.05, 0) is 12.1 Å². The summed E-state index contributed by atoms with van der Waals surface area (Å²) in [4.78, 5) is 12.8. The van der Waals surface area contributed by atoms with Crippen LogP contribution < -0.4 is 4.90 Å². The van der Waals surface area contributed by atoms with Crippen molar-refractivity contribution in [2.75, 3.05) is 25.6 Å². The zero-order valence-corrected chi connectivity index (χ0v) is 9.01. The maximum atomic E-state index is 10.8. The normalized spacial score (nSPS) is 10.3. The molecule has 80 valence electrons. The van der Waals surface area contributed by atoms with Crippen molar-refractivity contribution < 1.29 is 9.53 Å². The molecule has 0 amide bonds. The van der Waals surface area contributed by atoms with Gasteiger partial charge in [0.1, 0.15) is 0 Å². The van der Waals surface area contributed by atoms with Gasteiger partial charge in [-0.15, -0.1) is 0 Å². The first-order chi connectivity index (χ1) is 7.24. The Hall–Kier alpha value is -1.77. The number of benzene rings is 1. The molecule has 0 N–H and O–H groups in total. The van der Waals surface area contributed by atoms with Crippen molar-refractivity contribution in [1.82, 2.24) is 0 Å². The average Bonchev–Trinajstić information content (AvgIpc) is 2.29. The number of ether oxygens (including phenoxy) is 1. The standard InChI is InChI=1S/C12H15NO2/c1-13(10-6-9-12(14)15-2)11-7-4-3-5-8-11/h3-9H,10H2,1-2H3/b9-6+. The Morgan fingerprint density at radius 2 is 2.07 bits per heavy atom. The lowest BCUT2D eigenvalue weighted by molar-refractivity contribution is -0.134. The van der Waals surface area contributed by atoms with Crippen LogP contribution in [0.3, 0.4) is 0 Å². The van der Waals surface area contributed by atoms with E-state index in [4.69, 9.17) is 0 Å². The molecule has 1 aromatic carbocycles. The molecule has 0 aromatic heterocycles. The van der Waals surface area contributed by atoms with Gasteiger partial charge in [0.15, 0.2) is 0 Å². The maximum Gasteiger partial charge on any atom is 0.330 e. The van der Waals surface area contributed by atoms with E-state index in [1.807, 2.05) is 42.3 Å². The molecule has 0 aliphatic carbocycles. The minimum atomic E-state index is -0.323. The van der Waals surface area contributed by atoms with Gasteiger partial charge in [-0.25, -0.2) is 4.79 Å². The number of rotatable bonds is 4. The van der Waals surface area contributed by atoms with Gasteiger partial charge in [-0.1, -0.05) is 24.3 Å². The van der Waals surface area contributed by atoms with E-state index in [1.54, 1.807) is 6.08 Å². The number of nitrogens with zero attached hydrogens (tertiary/aromatic N) is 1. The summed E-state index contributed by atoms with van der Waals surface area (Å²) in [5.74, 6) is -0.323. The lowest BCUT2D eigenvalue weighted by Gasteiger charge is -2.16. The number of anilines is 1. The molecular weight excluding hydrogens is 190 g/mol. The second kappa shape index (κ2) is 5.86. The van der Waals surface area contributed by atoms with Crippen molar-refractivity contribution in [2.45, 2.75) is 0 Å². The molecule has 15 heavy (non-hydrogen) atoms. The summed E-state index contributed by atoms with van der Waals surface area (Å²) in [7, 11) is 3.34. The van der Waals surface area contributed by atoms with Crippen molar-refractivity contribution >= 4 is 11.7 Å². The number of hydrogen-bond acceptors (Lipinski definition) is 3. The summed E-state index contributed by atoms with van der Waals surface area (Å²) >= 11 is 0. The predicted octanol–water partition coefficient (Wildman–Crippen LogP) is 1.85. The van der Waals surface area contributed by atoms with Crippen LogP contribution in [0.2, 0.25) is 0 Å². The molecule has 3 nitrogen and oxygen atoms in total. The van der Waals surface area contributed by atoms with Crippen molar-refractivity contribution in [3.05, 3.63) is 42.5 Å². The first-order valence-corrected chi connectivity index (χ1v) is 4.74. The van der Waals surface area contributed by atoms with Gasteiger partial charge < -0.3 is 9.64 Å². The molecule has 0 aliphatic rings. The van der Waals surface area contributed by atoms with Crippen LogP contribution in [-0.2, 0) is 9.53 Å². The Balaban J connectivity index is 2.47. The van der Waals surface area contributed by atoms with Crippen LogP contribution in [0.25, 0.3) is 0 Å². The van der Waals surface area contributed by atoms with Crippen LogP contribution in [0.5, 0.6) is 0 Å². The number of esters is 1. The molecule has 0 atom stereocenters. The second-order valence-electron chi connectivity index (χ2n) is 3.14. The van der Waals surface area contributed by atoms with E-state index in [0.29, 0.717) is 6.54 Å². The highest BCUT2D eigenvalue weighted by atomic mass is 16.5. The number of hydrogen-bond donors (Lipinski definition) is 0. The topological polar surface area (TPSA) is 29.5 Å². The van der Waals surface area contributed by atoms with Crippen LogP contribution in [0, 0.1) is 0 Å². The Kier molecular flexibility index (Phi) is 4.41. The minimum Gasteiger partial charge on any atom is -0.466 e. The van der Waals surface area contributed by atoms with Gasteiger partial charge in [-0.2, -0.15) is 0 Å². The number of para-hydroxylation sites is 1. The van der Waals surface area contributed by atoms with E-state index in [2.05, 4.69) is 4.74 Å². The summed E-state index contributed by atoms with van der Waals surface area (Å²) in [5, 5.41) is 0. The SMILES string of the molecule is COC(=O)/C=C/CN(C)c1ccccc1.